The Morgan fingerprint density at radius 1 is 0.314 bits per heavy atom. The Hall–Kier alpha value is 0.370. The number of ether oxygens (including phenoxy) is 9. The Kier molecular flexibility index (Phi) is 34.7. The van der Waals surface area contributed by atoms with Crippen molar-refractivity contribution < 1.29 is 42.6 Å². The van der Waals surface area contributed by atoms with Crippen molar-refractivity contribution in [3.05, 3.63) is 0 Å². The average Bonchev–Trinajstić information content (AvgIpc) is 2.87. The lowest BCUT2D eigenvalue weighted by molar-refractivity contribution is -0.0248. The van der Waals surface area contributed by atoms with E-state index in [1.54, 1.807) is 0 Å². The van der Waals surface area contributed by atoms with Crippen LogP contribution in [0.25, 0.3) is 0 Å². The second kappa shape index (κ2) is 34.4. The smallest absolute Gasteiger partial charge is 0.0701 e. The van der Waals surface area contributed by atoms with Crippen molar-refractivity contribution in [1.29, 1.82) is 0 Å². The van der Waals surface area contributed by atoms with E-state index in [2.05, 4.69) is 29.5 Å². The lowest BCUT2D eigenvalue weighted by Gasteiger charge is -2.09. The molecule has 0 aromatic carbocycles. The summed E-state index contributed by atoms with van der Waals surface area (Å²) in [5, 5.41) is 0. The zero-order valence-electron chi connectivity index (χ0n) is 22.0. The van der Waals surface area contributed by atoms with Crippen LogP contribution in [0.3, 0.4) is 0 Å². The number of hydrogen-bond donors (Lipinski definition) is 0. The molecule has 0 heterocycles. The van der Waals surface area contributed by atoms with Gasteiger partial charge in [-0.15, -0.1) is 0 Å². The van der Waals surface area contributed by atoms with Gasteiger partial charge in [-0.2, -0.15) is 0 Å². The fourth-order valence-electron chi connectivity index (χ4n) is 2.72. The lowest BCUT2D eigenvalue weighted by Crippen LogP contribution is -2.15. The van der Waals surface area contributed by atoms with Crippen molar-refractivity contribution in [2.75, 3.05) is 123 Å². The van der Waals surface area contributed by atoms with Gasteiger partial charge in [0, 0.05) is 11.0 Å². The first kappa shape index (κ1) is 35.4. The van der Waals surface area contributed by atoms with Crippen LogP contribution < -0.4 is 0 Å². The van der Waals surface area contributed by atoms with Crippen LogP contribution in [-0.4, -0.2) is 123 Å². The summed E-state index contributed by atoms with van der Waals surface area (Å²) >= 11 is 2.28. The maximum Gasteiger partial charge on any atom is 0.0701 e. The first-order valence-corrected chi connectivity index (χ1v) is 14.7. The van der Waals surface area contributed by atoms with Gasteiger partial charge in [0.15, 0.2) is 0 Å². The van der Waals surface area contributed by atoms with Crippen LogP contribution in [0.1, 0.15) is 39.0 Å². The highest BCUT2D eigenvalue weighted by atomic mass is 127. The van der Waals surface area contributed by atoms with E-state index in [0.717, 1.165) is 24.1 Å². The predicted octanol–water partition coefficient (Wildman–Crippen LogP) is 3.54. The lowest BCUT2D eigenvalue weighted by atomic mass is 10.2. The fraction of sp³-hybridized carbons (Fsp3) is 1.00. The molecule has 0 aromatic heterocycles. The summed E-state index contributed by atoms with van der Waals surface area (Å²) in [5.41, 5.74) is 0. The van der Waals surface area contributed by atoms with Crippen LogP contribution in [0, 0.1) is 0 Å². The van der Waals surface area contributed by atoms with Crippen LogP contribution in [0.2, 0.25) is 0 Å². The van der Waals surface area contributed by atoms with Gasteiger partial charge in [0.1, 0.15) is 0 Å². The topological polar surface area (TPSA) is 83.1 Å². The van der Waals surface area contributed by atoms with Crippen LogP contribution >= 0.6 is 22.6 Å². The van der Waals surface area contributed by atoms with Crippen molar-refractivity contribution in [3.63, 3.8) is 0 Å². The van der Waals surface area contributed by atoms with Crippen LogP contribution in [0.4, 0.5) is 0 Å². The first-order valence-electron chi connectivity index (χ1n) is 13.2. The molecule has 0 atom stereocenters. The van der Waals surface area contributed by atoms with Crippen molar-refractivity contribution in [2.24, 2.45) is 0 Å². The minimum Gasteiger partial charge on any atom is -0.379 e. The zero-order valence-corrected chi connectivity index (χ0v) is 24.2. The molecule has 0 rings (SSSR count). The van der Waals surface area contributed by atoms with Crippen molar-refractivity contribution >= 4 is 22.6 Å². The molecule has 0 aromatic rings. The molecule has 0 amide bonds. The molecule has 10 heteroatoms. The highest BCUT2D eigenvalue weighted by Gasteiger charge is 1.96. The molecule has 0 fully saturated rings. The van der Waals surface area contributed by atoms with Crippen molar-refractivity contribution in [3.8, 4) is 0 Å². The number of hydrogen-bond acceptors (Lipinski definition) is 9. The minimum atomic E-state index is 0.542. The average molecular weight is 623 g/mol. The van der Waals surface area contributed by atoms with E-state index >= 15 is 0 Å². The Labute approximate surface area is 227 Å². The Balaban J connectivity index is 3.00. The molecule has 0 saturated carbocycles. The molecule has 0 bridgehead atoms. The highest BCUT2D eigenvalue weighted by molar-refractivity contribution is 14.1. The number of rotatable bonds is 32. The van der Waals surface area contributed by atoms with Crippen LogP contribution in [0.5, 0.6) is 0 Å². The molecule has 0 radical (unpaired) electrons. The summed E-state index contributed by atoms with van der Waals surface area (Å²) < 4.78 is 50.0. The molecule has 0 aliphatic rings. The largest absolute Gasteiger partial charge is 0.379 e. The van der Waals surface area contributed by atoms with Crippen molar-refractivity contribution in [2.45, 2.75) is 39.0 Å². The van der Waals surface area contributed by atoms with E-state index in [9.17, 15) is 0 Å². The molecule has 9 nitrogen and oxygen atoms in total. The highest BCUT2D eigenvalue weighted by Crippen LogP contribution is 2.02. The second-order valence-corrected chi connectivity index (χ2v) is 8.69. The van der Waals surface area contributed by atoms with Gasteiger partial charge in [-0.25, -0.2) is 0 Å². The van der Waals surface area contributed by atoms with Gasteiger partial charge in [-0.05, 0) is 6.42 Å². The van der Waals surface area contributed by atoms with Crippen molar-refractivity contribution in [1.82, 2.24) is 0 Å². The zero-order chi connectivity index (χ0) is 25.3. The van der Waals surface area contributed by atoms with E-state index in [1.165, 1.54) is 25.7 Å². The van der Waals surface area contributed by atoms with Gasteiger partial charge in [-0.1, -0.05) is 55.2 Å². The third-order valence-electron chi connectivity index (χ3n) is 4.59. The summed E-state index contributed by atoms with van der Waals surface area (Å²) in [6.45, 7) is 13.0. The number of alkyl halides is 1. The molecule has 0 aliphatic heterocycles. The SMILES string of the molecule is CCCCCCCOCCOCCOCCOCCOCCOCCOCCOCCOCCI. The molecule has 35 heavy (non-hydrogen) atoms. The van der Waals surface area contributed by atoms with Crippen LogP contribution in [-0.2, 0) is 42.6 Å². The summed E-state index contributed by atoms with van der Waals surface area (Å²) in [4.78, 5) is 0. The van der Waals surface area contributed by atoms with Crippen LogP contribution in [0.15, 0.2) is 0 Å². The van der Waals surface area contributed by atoms with Gasteiger partial charge < -0.3 is 42.6 Å². The van der Waals surface area contributed by atoms with E-state index in [0.29, 0.717) is 106 Å². The predicted molar refractivity (Wildman–Crippen MR) is 145 cm³/mol. The summed E-state index contributed by atoms with van der Waals surface area (Å²) in [7, 11) is 0. The summed E-state index contributed by atoms with van der Waals surface area (Å²) in [6.07, 6.45) is 6.31. The Morgan fingerprint density at radius 2 is 0.571 bits per heavy atom. The molecule has 0 spiro atoms. The van der Waals surface area contributed by atoms with Gasteiger partial charge in [0.2, 0.25) is 0 Å². The fourth-order valence-corrected chi connectivity index (χ4v) is 3.04. The molecule has 0 aliphatic carbocycles. The molecule has 0 unspecified atom stereocenters. The quantitative estimate of drug-likeness (QED) is 0.0636. The van der Waals surface area contributed by atoms with Gasteiger partial charge in [0.25, 0.3) is 0 Å². The standard InChI is InChI=1S/C25H51IO9/c1-2-3-4-5-6-8-27-10-12-29-14-16-31-18-20-33-22-24-35-25-23-34-21-19-32-17-15-30-13-11-28-9-7-26/h2-25H2,1H3. The maximum atomic E-state index is 5.55. The molecule has 212 valence electrons. The summed E-state index contributed by atoms with van der Waals surface area (Å²) in [6, 6.07) is 0. The second-order valence-electron chi connectivity index (χ2n) is 7.61. The maximum absolute atomic E-state index is 5.55. The van der Waals surface area contributed by atoms with E-state index in [1.807, 2.05) is 0 Å². The third kappa shape index (κ3) is 34.4. The van der Waals surface area contributed by atoms with Gasteiger partial charge in [-0.3, -0.25) is 0 Å². The number of halogens is 1. The molecular weight excluding hydrogens is 571 g/mol. The normalized spacial score (nSPS) is 11.5. The molecule has 0 N–H and O–H groups in total. The monoisotopic (exact) mass is 622 g/mol. The van der Waals surface area contributed by atoms with E-state index in [-0.39, 0.29) is 0 Å². The van der Waals surface area contributed by atoms with E-state index < -0.39 is 0 Å². The van der Waals surface area contributed by atoms with Gasteiger partial charge in [0.05, 0.1) is 112 Å². The van der Waals surface area contributed by atoms with E-state index in [4.69, 9.17) is 42.6 Å². The molecule has 0 saturated heterocycles. The molecular formula is C25H51IO9. The Morgan fingerprint density at radius 3 is 0.857 bits per heavy atom. The number of unbranched alkanes of at least 4 members (excludes halogenated alkanes) is 4. The van der Waals surface area contributed by atoms with Gasteiger partial charge >= 0.3 is 0 Å². The third-order valence-corrected chi connectivity index (χ3v) is 5.03. The first-order chi connectivity index (χ1) is 17.4. The minimum absolute atomic E-state index is 0.542. The summed E-state index contributed by atoms with van der Waals surface area (Å²) in [5.74, 6) is 0. The Bertz CT molecular complexity index is 336.